The van der Waals surface area contributed by atoms with Crippen molar-refractivity contribution in [3.05, 3.63) is 127 Å². The van der Waals surface area contributed by atoms with E-state index in [1.54, 1.807) is 6.07 Å². The summed E-state index contributed by atoms with van der Waals surface area (Å²) in [6, 6.07) is 38.9. The summed E-state index contributed by atoms with van der Waals surface area (Å²) >= 11 is 0. The van der Waals surface area contributed by atoms with Crippen LogP contribution in [-0.4, -0.2) is 13.9 Å². The molecule has 0 aliphatic rings. The van der Waals surface area contributed by atoms with Gasteiger partial charge in [-0.25, -0.2) is 0 Å². The minimum atomic E-state index is -5.82. The molecule has 38 heavy (non-hydrogen) atoms. The normalized spacial score (nSPS) is 11.8. The molecule has 0 bridgehead atoms. The van der Waals surface area contributed by atoms with Crippen LogP contribution in [0.5, 0.6) is 5.75 Å². The number of hydrogen-bond acceptors (Lipinski definition) is 3. The second-order valence-electron chi connectivity index (χ2n) is 8.56. The van der Waals surface area contributed by atoms with E-state index in [-0.39, 0.29) is 0 Å². The van der Waals surface area contributed by atoms with Crippen LogP contribution in [0.25, 0.3) is 44.5 Å². The maximum atomic E-state index is 13.0. The molecule has 5 rings (SSSR count). The van der Waals surface area contributed by atoms with Gasteiger partial charge in [0.25, 0.3) is 0 Å². The van der Waals surface area contributed by atoms with Crippen LogP contribution in [0.2, 0.25) is 0 Å². The smallest absolute Gasteiger partial charge is 0.376 e. The van der Waals surface area contributed by atoms with Crippen LogP contribution in [-0.2, 0) is 10.1 Å². The summed E-state index contributed by atoms with van der Waals surface area (Å²) in [7, 11) is -5.82. The molecular formula is C31H21F3O3S. The SMILES string of the molecule is O=S(=O)(Oc1cccc(-c2c(-c3ccccc3)cc(-c3ccccc3)cc2-c2ccccc2)c1)C(F)(F)F. The molecule has 0 aromatic heterocycles. The number of halogens is 3. The number of benzene rings is 5. The average molecular weight is 531 g/mol. The van der Waals surface area contributed by atoms with Crippen molar-refractivity contribution in [3.8, 4) is 50.3 Å². The van der Waals surface area contributed by atoms with Crippen molar-refractivity contribution >= 4 is 10.1 Å². The zero-order valence-corrected chi connectivity index (χ0v) is 20.7. The van der Waals surface area contributed by atoms with Crippen molar-refractivity contribution in [1.29, 1.82) is 0 Å². The van der Waals surface area contributed by atoms with Crippen LogP contribution < -0.4 is 4.18 Å². The highest BCUT2D eigenvalue weighted by atomic mass is 32.2. The molecule has 190 valence electrons. The molecule has 5 aromatic carbocycles. The maximum absolute atomic E-state index is 13.0. The fraction of sp³-hybridized carbons (Fsp3) is 0.0323. The number of alkyl halides is 3. The van der Waals surface area contributed by atoms with Gasteiger partial charge in [-0.05, 0) is 68.8 Å². The van der Waals surface area contributed by atoms with E-state index in [9.17, 15) is 21.6 Å². The standard InChI is InChI=1S/C31H21F3O3S/c32-31(33,34)38(35,36)37-27-18-10-17-25(19-27)30-28(23-13-6-2-7-14-23)20-26(22-11-4-1-5-12-22)21-29(30)24-15-8-3-9-16-24/h1-21H. The molecule has 0 saturated carbocycles. The van der Waals surface area contributed by atoms with Crippen molar-refractivity contribution < 1.29 is 25.8 Å². The Morgan fingerprint density at radius 2 is 0.947 bits per heavy atom. The molecule has 0 saturated heterocycles. The Balaban J connectivity index is 1.79. The first-order valence-corrected chi connectivity index (χ1v) is 13.1. The lowest BCUT2D eigenvalue weighted by atomic mass is 9.84. The average Bonchev–Trinajstić information content (AvgIpc) is 2.93. The second-order valence-corrected chi connectivity index (χ2v) is 10.1. The highest BCUT2D eigenvalue weighted by Crippen LogP contribution is 2.44. The molecule has 0 unspecified atom stereocenters. The molecule has 7 heteroatoms. The number of hydrogen-bond donors (Lipinski definition) is 0. The van der Waals surface area contributed by atoms with E-state index in [2.05, 4.69) is 4.18 Å². The maximum Gasteiger partial charge on any atom is 0.534 e. The third kappa shape index (κ3) is 5.19. The summed E-state index contributed by atoms with van der Waals surface area (Å²) in [5.41, 5.74) is 1.13. The Hall–Kier alpha value is -4.36. The first-order valence-electron chi connectivity index (χ1n) is 11.7. The van der Waals surface area contributed by atoms with Crippen molar-refractivity contribution in [3.63, 3.8) is 0 Å². The van der Waals surface area contributed by atoms with Crippen LogP contribution in [0.4, 0.5) is 13.2 Å². The molecule has 0 fully saturated rings. The van der Waals surface area contributed by atoms with Gasteiger partial charge in [0.1, 0.15) is 5.75 Å². The number of rotatable bonds is 6. The Morgan fingerprint density at radius 3 is 1.42 bits per heavy atom. The fourth-order valence-corrected chi connectivity index (χ4v) is 4.77. The summed E-state index contributed by atoms with van der Waals surface area (Å²) < 4.78 is 66.9. The predicted octanol–water partition coefficient (Wildman–Crippen LogP) is 8.58. The van der Waals surface area contributed by atoms with Gasteiger partial charge in [-0.2, -0.15) is 21.6 Å². The largest absolute Gasteiger partial charge is 0.534 e. The summed E-state index contributed by atoms with van der Waals surface area (Å²) in [6.07, 6.45) is 0. The van der Waals surface area contributed by atoms with Gasteiger partial charge < -0.3 is 4.18 Å². The second kappa shape index (κ2) is 10.2. The van der Waals surface area contributed by atoms with Crippen LogP contribution in [0.1, 0.15) is 0 Å². The highest BCUT2D eigenvalue weighted by Gasteiger charge is 2.48. The first kappa shape index (κ1) is 25.3. The summed E-state index contributed by atoms with van der Waals surface area (Å²) in [6.45, 7) is 0. The van der Waals surface area contributed by atoms with Gasteiger partial charge in [-0.15, -0.1) is 0 Å². The highest BCUT2D eigenvalue weighted by molar-refractivity contribution is 7.88. The Kier molecular flexibility index (Phi) is 6.78. The predicted molar refractivity (Wildman–Crippen MR) is 144 cm³/mol. The molecule has 5 aromatic rings. The summed E-state index contributed by atoms with van der Waals surface area (Å²) in [4.78, 5) is 0. The zero-order valence-electron chi connectivity index (χ0n) is 19.9. The monoisotopic (exact) mass is 530 g/mol. The Morgan fingerprint density at radius 1 is 0.500 bits per heavy atom. The van der Waals surface area contributed by atoms with E-state index in [4.69, 9.17) is 0 Å². The lowest BCUT2D eigenvalue weighted by Gasteiger charge is -2.19. The summed E-state index contributed by atoms with van der Waals surface area (Å²) in [5.74, 6) is -0.426. The van der Waals surface area contributed by atoms with Gasteiger partial charge in [0.05, 0.1) is 0 Å². The minimum absolute atomic E-state index is 0.426. The van der Waals surface area contributed by atoms with Gasteiger partial charge in [-0.3, -0.25) is 0 Å². The van der Waals surface area contributed by atoms with Crippen LogP contribution in [0, 0.1) is 0 Å². The van der Waals surface area contributed by atoms with E-state index < -0.39 is 21.4 Å². The van der Waals surface area contributed by atoms with E-state index >= 15 is 0 Å². The molecule has 0 atom stereocenters. The quantitative estimate of drug-likeness (QED) is 0.163. The van der Waals surface area contributed by atoms with Gasteiger partial charge in [0.15, 0.2) is 0 Å². The van der Waals surface area contributed by atoms with Crippen molar-refractivity contribution in [2.45, 2.75) is 5.51 Å². The van der Waals surface area contributed by atoms with E-state index in [1.807, 2.05) is 103 Å². The molecule has 0 radical (unpaired) electrons. The van der Waals surface area contributed by atoms with Crippen LogP contribution in [0.3, 0.4) is 0 Å². The van der Waals surface area contributed by atoms with Crippen molar-refractivity contribution in [1.82, 2.24) is 0 Å². The van der Waals surface area contributed by atoms with Gasteiger partial charge in [0, 0.05) is 0 Å². The van der Waals surface area contributed by atoms with E-state index in [1.165, 1.54) is 18.2 Å². The van der Waals surface area contributed by atoms with Gasteiger partial charge in [-0.1, -0.05) is 103 Å². The first-order chi connectivity index (χ1) is 18.2. The van der Waals surface area contributed by atoms with Crippen LogP contribution >= 0.6 is 0 Å². The Labute approximate surface area is 218 Å². The zero-order chi connectivity index (χ0) is 26.8. The topological polar surface area (TPSA) is 43.4 Å². The fourth-order valence-electron chi connectivity index (χ4n) is 4.32. The van der Waals surface area contributed by atoms with Crippen LogP contribution in [0.15, 0.2) is 127 Å². The minimum Gasteiger partial charge on any atom is -0.376 e. The van der Waals surface area contributed by atoms with Gasteiger partial charge in [0.2, 0.25) is 0 Å². The molecule has 3 nitrogen and oxygen atoms in total. The van der Waals surface area contributed by atoms with Crippen molar-refractivity contribution in [2.75, 3.05) is 0 Å². The summed E-state index contributed by atoms with van der Waals surface area (Å²) in [5, 5.41) is 0. The third-order valence-electron chi connectivity index (χ3n) is 6.03. The molecule has 0 aliphatic carbocycles. The molecule has 0 aliphatic heterocycles. The molecule has 0 amide bonds. The van der Waals surface area contributed by atoms with E-state index in [0.717, 1.165) is 38.9 Å². The van der Waals surface area contributed by atoms with Gasteiger partial charge >= 0.3 is 15.6 Å². The third-order valence-corrected chi connectivity index (χ3v) is 7.01. The lowest BCUT2D eigenvalue weighted by Crippen LogP contribution is -2.28. The molecular weight excluding hydrogens is 509 g/mol. The molecule has 0 spiro atoms. The van der Waals surface area contributed by atoms with E-state index in [0.29, 0.717) is 5.56 Å². The van der Waals surface area contributed by atoms with Crippen molar-refractivity contribution in [2.24, 2.45) is 0 Å². The Bertz CT molecular complexity index is 1610. The molecule has 0 N–H and O–H groups in total. The molecule has 0 heterocycles. The lowest BCUT2D eigenvalue weighted by molar-refractivity contribution is -0.0500.